The molecule has 2 aromatic rings. The van der Waals surface area contributed by atoms with E-state index in [0.717, 1.165) is 31.4 Å². The van der Waals surface area contributed by atoms with E-state index in [1.54, 1.807) is 12.1 Å². The first-order valence-electron chi connectivity index (χ1n) is 8.55. The molecule has 0 aromatic heterocycles. The monoisotopic (exact) mass is 378 g/mol. The van der Waals surface area contributed by atoms with Crippen molar-refractivity contribution in [2.24, 2.45) is 0 Å². The van der Waals surface area contributed by atoms with Crippen molar-refractivity contribution in [2.75, 3.05) is 5.32 Å². The topological polar surface area (TPSA) is 58.2 Å². The number of rotatable bonds is 5. The highest BCUT2D eigenvalue weighted by Gasteiger charge is 2.29. The van der Waals surface area contributed by atoms with Crippen LogP contribution in [0.2, 0.25) is 5.02 Å². The molecule has 1 aliphatic rings. The molecule has 0 aliphatic heterocycles. The van der Waals surface area contributed by atoms with Gasteiger partial charge < -0.3 is 5.32 Å². The summed E-state index contributed by atoms with van der Waals surface area (Å²) in [6.07, 6.45) is 3.90. The second-order valence-electron chi connectivity index (χ2n) is 6.59. The minimum atomic E-state index is -3.56. The first-order valence-corrected chi connectivity index (χ1v) is 10.4. The van der Waals surface area contributed by atoms with Gasteiger partial charge in [-0.15, -0.1) is 0 Å². The molecule has 4 nitrogen and oxygen atoms in total. The molecule has 2 N–H and O–H groups in total. The fourth-order valence-corrected chi connectivity index (χ4v) is 4.71. The van der Waals surface area contributed by atoms with E-state index in [0.29, 0.717) is 5.02 Å². The Morgan fingerprint density at radius 2 is 1.68 bits per heavy atom. The van der Waals surface area contributed by atoms with Crippen LogP contribution >= 0.6 is 11.6 Å². The van der Waals surface area contributed by atoms with Gasteiger partial charge in [0.05, 0.1) is 4.90 Å². The van der Waals surface area contributed by atoms with Gasteiger partial charge in [-0.25, -0.2) is 13.1 Å². The van der Waals surface area contributed by atoms with Crippen molar-refractivity contribution in [1.82, 2.24) is 4.72 Å². The van der Waals surface area contributed by atoms with Crippen LogP contribution < -0.4 is 10.0 Å². The molecule has 1 aliphatic carbocycles. The highest BCUT2D eigenvalue weighted by molar-refractivity contribution is 7.89. The maximum absolute atomic E-state index is 12.7. The molecule has 2 aromatic carbocycles. The predicted octanol–water partition coefficient (Wildman–Crippen LogP) is 4.35. The third-order valence-electron chi connectivity index (χ3n) is 4.57. The zero-order valence-electron chi connectivity index (χ0n) is 14.2. The number of benzene rings is 2. The van der Waals surface area contributed by atoms with Crippen molar-refractivity contribution in [1.29, 1.82) is 0 Å². The van der Waals surface area contributed by atoms with E-state index in [9.17, 15) is 8.42 Å². The fraction of sp³-hybridized carbons (Fsp3) is 0.368. The highest BCUT2D eigenvalue weighted by Crippen LogP contribution is 2.25. The highest BCUT2D eigenvalue weighted by atomic mass is 35.5. The van der Waals surface area contributed by atoms with Crippen molar-refractivity contribution < 1.29 is 8.42 Å². The lowest BCUT2D eigenvalue weighted by Gasteiger charge is -2.33. The van der Waals surface area contributed by atoms with Gasteiger partial charge in [-0.1, -0.05) is 36.6 Å². The number of hydrogen-bond donors (Lipinski definition) is 2. The van der Waals surface area contributed by atoms with Crippen LogP contribution in [0.5, 0.6) is 0 Å². The van der Waals surface area contributed by atoms with Crippen LogP contribution in [-0.4, -0.2) is 20.5 Å². The summed E-state index contributed by atoms with van der Waals surface area (Å²) in [5, 5.41) is 4.03. The van der Waals surface area contributed by atoms with E-state index in [-0.39, 0.29) is 17.0 Å². The predicted molar refractivity (Wildman–Crippen MR) is 103 cm³/mol. The molecule has 0 spiro atoms. The van der Waals surface area contributed by atoms with E-state index < -0.39 is 10.0 Å². The molecule has 0 bridgehead atoms. The number of halogens is 1. The number of sulfonamides is 1. The molecule has 0 unspecified atom stereocenters. The fourth-order valence-electron chi connectivity index (χ4n) is 3.27. The average Bonchev–Trinajstić information content (AvgIpc) is 2.57. The Morgan fingerprint density at radius 3 is 2.36 bits per heavy atom. The SMILES string of the molecule is Cc1cccc(N[C@@H]2CCCC[C@H]2NS(=O)(=O)c2ccc(Cl)cc2)c1. The summed E-state index contributed by atoms with van der Waals surface area (Å²) < 4.78 is 28.2. The summed E-state index contributed by atoms with van der Waals surface area (Å²) in [7, 11) is -3.56. The zero-order valence-corrected chi connectivity index (χ0v) is 15.8. The summed E-state index contributed by atoms with van der Waals surface area (Å²) in [4.78, 5) is 0.247. The number of nitrogens with one attached hydrogen (secondary N) is 2. The van der Waals surface area contributed by atoms with E-state index in [2.05, 4.69) is 16.1 Å². The largest absolute Gasteiger partial charge is 0.381 e. The second kappa shape index (κ2) is 7.77. The van der Waals surface area contributed by atoms with Crippen molar-refractivity contribution in [2.45, 2.75) is 49.6 Å². The van der Waals surface area contributed by atoms with Gasteiger partial charge in [0.2, 0.25) is 10.0 Å². The van der Waals surface area contributed by atoms with Crippen LogP contribution in [0.4, 0.5) is 5.69 Å². The molecule has 0 amide bonds. The Kier molecular flexibility index (Phi) is 5.67. The normalized spacial score (nSPS) is 21.0. The molecule has 1 saturated carbocycles. The summed E-state index contributed by atoms with van der Waals surface area (Å²) >= 11 is 5.85. The molecule has 0 radical (unpaired) electrons. The Morgan fingerprint density at radius 1 is 1.00 bits per heavy atom. The van der Waals surface area contributed by atoms with E-state index in [1.807, 2.05) is 25.1 Å². The Balaban J connectivity index is 1.75. The quantitative estimate of drug-likeness (QED) is 0.813. The summed E-state index contributed by atoms with van der Waals surface area (Å²) in [6.45, 7) is 2.05. The third-order valence-corrected chi connectivity index (χ3v) is 6.32. The van der Waals surface area contributed by atoms with Gasteiger partial charge in [-0.2, -0.15) is 0 Å². The lowest BCUT2D eigenvalue weighted by molar-refractivity contribution is 0.378. The van der Waals surface area contributed by atoms with Crippen LogP contribution in [0.15, 0.2) is 53.4 Å². The van der Waals surface area contributed by atoms with Crippen LogP contribution in [0.25, 0.3) is 0 Å². The Labute approximate surface area is 154 Å². The molecule has 0 heterocycles. The van der Waals surface area contributed by atoms with Crippen LogP contribution in [-0.2, 0) is 10.0 Å². The minimum Gasteiger partial charge on any atom is -0.381 e. The Hall–Kier alpha value is -1.56. The van der Waals surface area contributed by atoms with Crippen molar-refractivity contribution >= 4 is 27.3 Å². The minimum absolute atomic E-state index is 0.0811. The van der Waals surface area contributed by atoms with Gasteiger partial charge in [0.25, 0.3) is 0 Å². The molecular formula is C19H23ClN2O2S. The summed E-state index contributed by atoms with van der Waals surface area (Å²) in [6, 6.07) is 14.4. The van der Waals surface area contributed by atoms with E-state index in [1.165, 1.54) is 17.7 Å². The molecular weight excluding hydrogens is 356 g/mol. The van der Waals surface area contributed by atoms with Crippen LogP contribution in [0.3, 0.4) is 0 Å². The molecule has 134 valence electrons. The first kappa shape index (κ1) is 18.2. The molecule has 2 atom stereocenters. The van der Waals surface area contributed by atoms with E-state index >= 15 is 0 Å². The average molecular weight is 379 g/mol. The van der Waals surface area contributed by atoms with Gasteiger partial charge in [0, 0.05) is 22.8 Å². The van der Waals surface area contributed by atoms with Crippen molar-refractivity contribution in [3.63, 3.8) is 0 Å². The molecule has 0 saturated heterocycles. The summed E-state index contributed by atoms with van der Waals surface area (Å²) in [5.41, 5.74) is 2.21. The lowest BCUT2D eigenvalue weighted by atomic mass is 9.91. The number of anilines is 1. The van der Waals surface area contributed by atoms with E-state index in [4.69, 9.17) is 11.6 Å². The first-order chi connectivity index (χ1) is 11.9. The smallest absolute Gasteiger partial charge is 0.240 e. The van der Waals surface area contributed by atoms with Crippen molar-refractivity contribution in [3.05, 3.63) is 59.1 Å². The van der Waals surface area contributed by atoms with Gasteiger partial charge >= 0.3 is 0 Å². The second-order valence-corrected chi connectivity index (χ2v) is 8.74. The Bertz CT molecular complexity index is 822. The molecule has 3 rings (SSSR count). The van der Waals surface area contributed by atoms with Gasteiger partial charge in [-0.05, 0) is 61.7 Å². The number of hydrogen-bond acceptors (Lipinski definition) is 3. The molecule has 1 fully saturated rings. The standard InChI is InChI=1S/C19H23ClN2O2S/c1-14-5-4-6-16(13-14)21-18-7-2-3-8-19(18)22-25(23,24)17-11-9-15(20)10-12-17/h4-6,9-13,18-19,21-22H,2-3,7-8H2,1H3/t18-,19-/m1/s1. The number of aryl methyl sites for hydroxylation is 1. The van der Waals surface area contributed by atoms with Gasteiger partial charge in [-0.3, -0.25) is 0 Å². The lowest BCUT2D eigenvalue weighted by Crippen LogP contribution is -2.48. The summed E-state index contributed by atoms with van der Waals surface area (Å²) in [5.74, 6) is 0. The van der Waals surface area contributed by atoms with Gasteiger partial charge in [0.15, 0.2) is 0 Å². The maximum atomic E-state index is 12.7. The zero-order chi connectivity index (χ0) is 17.9. The van der Waals surface area contributed by atoms with Crippen molar-refractivity contribution in [3.8, 4) is 0 Å². The molecule has 25 heavy (non-hydrogen) atoms. The molecule has 6 heteroatoms. The third kappa shape index (κ3) is 4.75. The van der Waals surface area contributed by atoms with Gasteiger partial charge in [0.1, 0.15) is 0 Å². The maximum Gasteiger partial charge on any atom is 0.240 e. The van der Waals surface area contributed by atoms with Crippen LogP contribution in [0.1, 0.15) is 31.2 Å². The van der Waals surface area contributed by atoms with Crippen LogP contribution in [0, 0.1) is 6.92 Å².